The van der Waals surface area contributed by atoms with Gasteiger partial charge in [-0.1, -0.05) is 20.8 Å². The van der Waals surface area contributed by atoms with E-state index in [2.05, 4.69) is 47.3 Å². The number of rotatable bonds is 8. The minimum Gasteiger partial charge on any atom is -0.492 e. The highest BCUT2D eigenvalue weighted by Gasteiger charge is 2.27. The van der Waals surface area contributed by atoms with Crippen LogP contribution in [0, 0.1) is 11.8 Å². The van der Waals surface area contributed by atoms with Crippen molar-refractivity contribution < 1.29 is 17.9 Å². The Hall–Kier alpha value is -2.01. The maximum absolute atomic E-state index is 12.9. The molecule has 0 spiro atoms. The van der Waals surface area contributed by atoms with Gasteiger partial charge in [-0.3, -0.25) is 10.1 Å². The Morgan fingerprint density at radius 1 is 1.17 bits per heavy atom. The smallest absolute Gasteiger partial charge is 0.257 e. The molecule has 0 aromatic heterocycles. The fourth-order valence-electron chi connectivity index (χ4n) is 3.59. The monoisotopic (exact) mass is 581 g/mol. The van der Waals surface area contributed by atoms with Crippen molar-refractivity contribution in [2.24, 2.45) is 11.8 Å². The lowest BCUT2D eigenvalue weighted by Crippen LogP contribution is -2.37. The minimum absolute atomic E-state index is 0.115. The number of carbonyl (C=O) groups is 1. The minimum atomic E-state index is -3.52. The summed E-state index contributed by atoms with van der Waals surface area (Å²) in [4.78, 5) is 12.9. The number of sulfonamides is 1. The third-order valence-electron chi connectivity index (χ3n) is 5.87. The van der Waals surface area contributed by atoms with Crippen LogP contribution in [0.1, 0.15) is 50.4 Å². The van der Waals surface area contributed by atoms with Crippen LogP contribution < -0.4 is 15.4 Å². The first kappa shape index (κ1) is 27.6. The summed E-state index contributed by atoms with van der Waals surface area (Å²) in [6, 6.07) is 11.5. The third-order valence-corrected chi connectivity index (χ3v) is 8.60. The van der Waals surface area contributed by atoms with Crippen molar-refractivity contribution in [3.8, 4) is 5.75 Å². The summed E-state index contributed by atoms with van der Waals surface area (Å²) in [7, 11) is -3.52. The number of anilines is 1. The van der Waals surface area contributed by atoms with E-state index in [1.807, 2.05) is 0 Å². The number of carbonyl (C=O) groups excluding carboxylic acids is 1. The van der Waals surface area contributed by atoms with E-state index in [0.29, 0.717) is 53.0 Å². The molecule has 3 rings (SSSR count). The molecule has 190 valence electrons. The van der Waals surface area contributed by atoms with Crippen LogP contribution in [0.15, 0.2) is 51.8 Å². The quantitative estimate of drug-likeness (QED) is 0.405. The van der Waals surface area contributed by atoms with E-state index >= 15 is 0 Å². The van der Waals surface area contributed by atoms with Gasteiger partial charge >= 0.3 is 0 Å². The molecule has 0 atom stereocenters. The van der Waals surface area contributed by atoms with Crippen molar-refractivity contribution >= 4 is 54.9 Å². The van der Waals surface area contributed by atoms with Crippen molar-refractivity contribution in [1.29, 1.82) is 0 Å². The van der Waals surface area contributed by atoms with Crippen LogP contribution in [0.25, 0.3) is 0 Å². The summed E-state index contributed by atoms with van der Waals surface area (Å²) in [5.74, 6) is 1.41. The van der Waals surface area contributed by atoms with Gasteiger partial charge in [0.2, 0.25) is 10.0 Å². The summed E-state index contributed by atoms with van der Waals surface area (Å²) >= 11 is 8.72. The van der Waals surface area contributed by atoms with Crippen molar-refractivity contribution in [1.82, 2.24) is 9.62 Å². The normalized spacial score (nSPS) is 15.1. The lowest BCUT2D eigenvalue weighted by molar-refractivity contribution is 0.0977. The molecule has 1 saturated heterocycles. The Kier molecular flexibility index (Phi) is 9.69. The molecule has 1 amide bonds. The first-order valence-corrected chi connectivity index (χ1v) is 14.4. The van der Waals surface area contributed by atoms with Crippen LogP contribution in [0.3, 0.4) is 0 Å². The van der Waals surface area contributed by atoms with Gasteiger partial charge in [0, 0.05) is 24.3 Å². The SMILES string of the molecule is CC(C)CCOc1ccc(C(=O)NC(=S)Nc2ccc(S(=O)(=O)N3CCC(C)CC3)cc2)cc1Br. The number of hydrogen-bond acceptors (Lipinski definition) is 5. The van der Waals surface area contributed by atoms with Gasteiger partial charge < -0.3 is 10.1 Å². The van der Waals surface area contributed by atoms with Crippen LogP contribution in [-0.4, -0.2) is 43.4 Å². The lowest BCUT2D eigenvalue weighted by atomic mass is 10.0. The van der Waals surface area contributed by atoms with Gasteiger partial charge in [0.25, 0.3) is 5.91 Å². The summed E-state index contributed by atoms with van der Waals surface area (Å²) < 4.78 is 33.7. The lowest BCUT2D eigenvalue weighted by Gasteiger charge is -2.29. The first-order valence-electron chi connectivity index (χ1n) is 11.7. The highest BCUT2D eigenvalue weighted by molar-refractivity contribution is 9.10. The largest absolute Gasteiger partial charge is 0.492 e. The predicted molar refractivity (Wildman–Crippen MR) is 146 cm³/mol. The van der Waals surface area contributed by atoms with E-state index in [-0.39, 0.29) is 15.9 Å². The molecule has 0 bridgehead atoms. The van der Waals surface area contributed by atoms with Gasteiger partial charge in [0.15, 0.2) is 5.11 Å². The molecule has 10 heteroatoms. The molecule has 0 radical (unpaired) electrons. The molecule has 0 unspecified atom stereocenters. The molecule has 7 nitrogen and oxygen atoms in total. The maximum atomic E-state index is 12.9. The van der Waals surface area contributed by atoms with Gasteiger partial charge in [-0.05, 0) is 102 Å². The highest BCUT2D eigenvalue weighted by Crippen LogP contribution is 2.27. The molecule has 1 aliphatic rings. The first-order chi connectivity index (χ1) is 16.6. The molecule has 2 aromatic carbocycles. The van der Waals surface area contributed by atoms with E-state index in [0.717, 1.165) is 19.3 Å². The second-order valence-electron chi connectivity index (χ2n) is 9.20. The average molecular weight is 583 g/mol. The van der Waals surface area contributed by atoms with Crippen molar-refractivity contribution in [3.05, 3.63) is 52.5 Å². The van der Waals surface area contributed by atoms with Gasteiger partial charge in [-0.25, -0.2) is 8.42 Å². The van der Waals surface area contributed by atoms with Crippen molar-refractivity contribution in [2.75, 3.05) is 25.0 Å². The molecular formula is C25H32BrN3O4S2. The molecule has 2 aromatic rings. The van der Waals surface area contributed by atoms with Gasteiger partial charge in [0.05, 0.1) is 16.0 Å². The van der Waals surface area contributed by atoms with Crippen molar-refractivity contribution in [2.45, 2.75) is 44.9 Å². The summed E-state index contributed by atoms with van der Waals surface area (Å²) in [5.41, 5.74) is 1.01. The van der Waals surface area contributed by atoms with Crippen LogP contribution in [0.4, 0.5) is 5.69 Å². The number of thiocarbonyl (C=S) groups is 1. The van der Waals surface area contributed by atoms with Crippen LogP contribution in [-0.2, 0) is 10.0 Å². The molecule has 0 aliphatic carbocycles. The van der Waals surface area contributed by atoms with E-state index < -0.39 is 10.0 Å². The fourth-order valence-corrected chi connectivity index (χ4v) is 5.76. The number of benzene rings is 2. The fraction of sp³-hybridized carbons (Fsp3) is 0.440. The average Bonchev–Trinajstić information content (AvgIpc) is 2.80. The van der Waals surface area contributed by atoms with E-state index in [9.17, 15) is 13.2 Å². The zero-order valence-corrected chi connectivity index (χ0v) is 23.4. The molecule has 1 fully saturated rings. The van der Waals surface area contributed by atoms with Gasteiger partial charge in [0.1, 0.15) is 5.75 Å². The molecular weight excluding hydrogens is 550 g/mol. The van der Waals surface area contributed by atoms with Crippen LogP contribution in [0.5, 0.6) is 5.75 Å². The van der Waals surface area contributed by atoms with E-state index in [1.165, 1.54) is 0 Å². The number of nitrogens with zero attached hydrogens (tertiary/aromatic N) is 1. The second-order valence-corrected chi connectivity index (χ2v) is 12.4. The zero-order valence-electron chi connectivity index (χ0n) is 20.2. The Morgan fingerprint density at radius 3 is 2.43 bits per heavy atom. The summed E-state index contributed by atoms with van der Waals surface area (Å²) in [6.07, 6.45) is 2.69. The molecule has 2 N–H and O–H groups in total. The van der Waals surface area contributed by atoms with Crippen LogP contribution >= 0.6 is 28.1 Å². The van der Waals surface area contributed by atoms with Gasteiger partial charge in [-0.2, -0.15) is 4.31 Å². The second kappa shape index (κ2) is 12.3. The summed E-state index contributed by atoms with van der Waals surface area (Å²) in [5, 5.41) is 5.68. The number of amides is 1. The van der Waals surface area contributed by atoms with Crippen LogP contribution in [0.2, 0.25) is 0 Å². The topological polar surface area (TPSA) is 87.7 Å². The van der Waals surface area contributed by atoms with Gasteiger partial charge in [-0.15, -0.1) is 0 Å². The Morgan fingerprint density at radius 2 is 1.83 bits per heavy atom. The zero-order chi connectivity index (χ0) is 25.6. The Labute approximate surface area is 221 Å². The van der Waals surface area contributed by atoms with E-state index in [1.54, 1.807) is 46.8 Å². The summed E-state index contributed by atoms with van der Waals surface area (Å²) in [6.45, 7) is 8.10. The number of halogens is 1. The third kappa shape index (κ3) is 7.73. The Balaban J connectivity index is 1.55. The number of hydrogen-bond donors (Lipinski definition) is 2. The number of ether oxygens (including phenoxy) is 1. The van der Waals surface area contributed by atoms with E-state index in [4.69, 9.17) is 17.0 Å². The number of nitrogens with one attached hydrogen (secondary N) is 2. The number of piperidine rings is 1. The standard InChI is InChI=1S/C25H32BrN3O4S2/c1-17(2)12-15-33-23-9-4-19(16-22(23)26)24(30)28-25(34)27-20-5-7-21(8-6-20)35(31,32)29-13-10-18(3)11-14-29/h4-9,16-18H,10-15H2,1-3H3,(H2,27,28,30,34). The van der Waals surface area contributed by atoms with Crippen molar-refractivity contribution in [3.63, 3.8) is 0 Å². The predicted octanol–water partition coefficient (Wildman–Crippen LogP) is 5.42. The molecule has 1 aliphatic heterocycles. The molecule has 1 heterocycles. The Bertz CT molecular complexity index is 1150. The molecule has 0 saturated carbocycles. The maximum Gasteiger partial charge on any atom is 0.257 e. The molecule has 35 heavy (non-hydrogen) atoms. The highest BCUT2D eigenvalue weighted by atomic mass is 79.9.